The van der Waals surface area contributed by atoms with Gasteiger partial charge in [-0.05, 0) is 30.3 Å². The number of amides is 1. The number of carbonyl (C=O) groups is 1. The quantitative estimate of drug-likeness (QED) is 0.649. The molecule has 25 heavy (non-hydrogen) atoms. The minimum atomic E-state index is -0.421. The van der Waals surface area contributed by atoms with E-state index in [1.807, 2.05) is 0 Å². The lowest BCUT2D eigenvalue weighted by Crippen LogP contribution is -2.13. The molecule has 0 aliphatic rings. The number of hydrogen-bond acceptors (Lipinski definition) is 2. The van der Waals surface area contributed by atoms with Crippen molar-refractivity contribution in [3.05, 3.63) is 80.7 Å². The van der Waals surface area contributed by atoms with Gasteiger partial charge in [0.1, 0.15) is 5.82 Å². The van der Waals surface area contributed by atoms with Gasteiger partial charge in [-0.1, -0.05) is 40.9 Å². The van der Waals surface area contributed by atoms with Crippen molar-refractivity contribution in [3.63, 3.8) is 0 Å². The average molecular weight is 399 g/mol. The summed E-state index contributed by atoms with van der Waals surface area (Å²) in [7, 11) is 0. The van der Waals surface area contributed by atoms with Crippen molar-refractivity contribution in [3.8, 4) is 0 Å². The van der Waals surface area contributed by atoms with Crippen LogP contribution in [0.4, 0.5) is 10.2 Å². The fraction of sp³-hybridized carbons (Fsp3) is 0.0588. The van der Waals surface area contributed by atoms with Crippen molar-refractivity contribution in [1.82, 2.24) is 9.78 Å². The third-order valence-corrected chi connectivity index (χ3v) is 4.34. The fourth-order valence-corrected chi connectivity index (χ4v) is 2.94. The van der Waals surface area contributed by atoms with E-state index in [9.17, 15) is 9.18 Å². The highest BCUT2D eigenvalue weighted by Crippen LogP contribution is 2.22. The van der Waals surface area contributed by atoms with Gasteiger partial charge >= 0.3 is 0 Å². The first-order chi connectivity index (χ1) is 11.9. The van der Waals surface area contributed by atoms with Crippen molar-refractivity contribution in [2.45, 2.75) is 6.54 Å². The zero-order valence-corrected chi connectivity index (χ0v) is 14.9. The number of carbonyl (C=O) groups excluding carboxylic acids is 1. The molecule has 1 aromatic heterocycles. The first kappa shape index (κ1) is 17.7. The van der Waals surface area contributed by atoms with Crippen LogP contribution in [-0.4, -0.2) is 15.7 Å². The van der Waals surface area contributed by atoms with E-state index in [1.165, 1.54) is 28.9 Å². The molecule has 128 valence electrons. The summed E-state index contributed by atoms with van der Waals surface area (Å²) in [4.78, 5) is 12.3. The molecule has 0 atom stereocenters. The van der Waals surface area contributed by atoms with Gasteiger partial charge in [0.15, 0.2) is 5.82 Å². The minimum Gasteiger partial charge on any atom is -0.305 e. The van der Waals surface area contributed by atoms with E-state index >= 15 is 0 Å². The van der Waals surface area contributed by atoms with Gasteiger partial charge in [-0.3, -0.25) is 9.48 Å². The van der Waals surface area contributed by atoms with Crippen LogP contribution in [0.15, 0.2) is 48.7 Å². The number of benzene rings is 2. The molecule has 0 saturated carbocycles. The van der Waals surface area contributed by atoms with Crippen molar-refractivity contribution < 1.29 is 9.18 Å². The predicted molar refractivity (Wildman–Crippen MR) is 97.2 cm³/mol. The summed E-state index contributed by atoms with van der Waals surface area (Å²) in [5, 5.41) is 7.81. The molecule has 0 saturated heterocycles. The standard InChI is InChI=1S/C17H11Cl3FN3O/c18-10-4-5-11(14(20)8-10)17(25)22-16-6-7-24(23-16)9-12-13(19)2-1-3-15(12)21/h1-8H,9H2,(H,22,23,25). The van der Waals surface area contributed by atoms with Crippen LogP contribution < -0.4 is 5.32 Å². The summed E-state index contributed by atoms with van der Waals surface area (Å²) in [5.74, 6) is -0.527. The van der Waals surface area contributed by atoms with E-state index < -0.39 is 11.7 Å². The molecule has 0 aliphatic heterocycles. The second kappa shape index (κ2) is 7.44. The Morgan fingerprint density at radius 3 is 2.64 bits per heavy atom. The van der Waals surface area contributed by atoms with Gasteiger partial charge in [0, 0.05) is 27.9 Å². The lowest BCUT2D eigenvalue weighted by atomic mass is 10.2. The minimum absolute atomic E-state index is 0.142. The first-order valence-corrected chi connectivity index (χ1v) is 8.30. The Morgan fingerprint density at radius 2 is 1.92 bits per heavy atom. The number of hydrogen-bond donors (Lipinski definition) is 1. The van der Waals surface area contributed by atoms with Crippen molar-refractivity contribution in [2.24, 2.45) is 0 Å². The summed E-state index contributed by atoms with van der Waals surface area (Å²) in [5.41, 5.74) is 0.601. The summed E-state index contributed by atoms with van der Waals surface area (Å²) < 4.78 is 15.3. The molecule has 3 rings (SSSR count). The van der Waals surface area contributed by atoms with Crippen molar-refractivity contribution in [1.29, 1.82) is 0 Å². The lowest BCUT2D eigenvalue weighted by Gasteiger charge is -2.06. The predicted octanol–water partition coefficient (Wildman–Crippen LogP) is 5.28. The van der Waals surface area contributed by atoms with Gasteiger partial charge in [0.2, 0.25) is 0 Å². The topological polar surface area (TPSA) is 46.9 Å². The number of rotatable bonds is 4. The van der Waals surface area contributed by atoms with Gasteiger partial charge in [0.05, 0.1) is 17.1 Å². The average Bonchev–Trinajstić information content (AvgIpc) is 2.98. The summed E-state index contributed by atoms with van der Waals surface area (Å²) >= 11 is 17.8. The normalized spacial score (nSPS) is 10.7. The first-order valence-electron chi connectivity index (χ1n) is 7.17. The van der Waals surface area contributed by atoms with Crippen LogP contribution >= 0.6 is 34.8 Å². The summed E-state index contributed by atoms with van der Waals surface area (Å²) in [6.07, 6.45) is 1.61. The SMILES string of the molecule is O=C(Nc1ccn(Cc2c(F)cccc2Cl)n1)c1ccc(Cl)cc1Cl. The van der Waals surface area contributed by atoms with Crippen LogP contribution in [0, 0.1) is 5.82 Å². The van der Waals surface area contributed by atoms with Gasteiger partial charge in [-0.2, -0.15) is 5.10 Å². The van der Waals surface area contributed by atoms with Crippen LogP contribution in [0.3, 0.4) is 0 Å². The molecule has 1 heterocycles. The smallest absolute Gasteiger partial charge is 0.258 e. The number of nitrogens with zero attached hydrogens (tertiary/aromatic N) is 2. The third kappa shape index (κ3) is 4.12. The Bertz CT molecular complexity index is 922. The second-order valence-corrected chi connectivity index (χ2v) is 6.43. The van der Waals surface area contributed by atoms with E-state index in [-0.39, 0.29) is 17.1 Å². The van der Waals surface area contributed by atoms with Gasteiger partial charge < -0.3 is 5.32 Å². The zero-order chi connectivity index (χ0) is 18.0. The number of halogens is 4. The summed E-state index contributed by atoms with van der Waals surface area (Å²) in [6.45, 7) is 0.142. The van der Waals surface area contributed by atoms with E-state index in [2.05, 4.69) is 10.4 Å². The molecule has 0 aliphatic carbocycles. The molecule has 0 spiro atoms. The molecule has 0 bridgehead atoms. The zero-order valence-electron chi connectivity index (χ0n) is 12.6. The molecule has 3 aromatic rings. The van der Waals surface area contributed by atoms with Gasteiger partial charge in [-0.25, -0.2) is 4.39 Å². The molecule has 2 aromatic carbocycles. The highest BCUT2D eigenvalue weighted by Gasteiger charge is 2.13. The molecular weight excluding hydrogens is 388 g/mol. The van der Waals surface area contributed by atoms with Gasteiger partial charge in [-0.15, -0.1) is 0 Å². The van der Waals surface area contributed by atoms with E-state index in [1.54, 1.807) is 24.4 Å². The maximum absolute atomic E-state index is 13.8. The van der Waals surface area contributed by atoms with Crippen LogP contribution in [0.1, 0.15) is 15.9 Å². The maximum atomic E-state index is 13.8. The molecule has 4 nitrogen and oxygen atoms in total. The molecule has 0 radical (unpaired) electrons. The molecule has 1 N–H and O–H groups in total. The lowest BCUT2D eigenvalue weighted by molar-refractivity contribution is 0.102. The largest absolute Gasteiger partial charge is 0.305 e. The number of nitrogens with one attached hydrogen (secondary N) is 1. The monoisotopic (exact) mass is 397 g/mol. The number of aromatic nitrogens is 2. The van der Waals surface area contributed by atoms with Crippen LogP contribution in [0.5, 0.6) is 0 Å². The van der Waals surface area contributed by atoms with E-state index in [0.717, 1.165) is 0 Å². The van der Waals surface area contributed by atoms with Crippen LogP contribution in [-0.2, 0) is 6.54 Å². The molecular formula is C17H11Cl3FN3O. The summed E-state index contributed by atoms with van der Waals surface area (Å²) in [6, 6.07) is 10.6. The van der Waals surface area contributed by atoms with Gasteiger partial charge in [0.25, 0.3) is 5.91 Å². The highest BCUT2D eigenvalue weighted by molar-refractivity contribution is 6.37. The molecule has 1 amide bonds. The van der Waals surface area contributed by atoms with Crippen molar-refractivity contribution >= 4 is 46.5 Å². The Kier molecular flexibility index (Phi) is 5.27. The Labute approximate surface area is 158 Å². The Balaban J connectivity index is 1.74. The van der Waals surface area contributed by atoms with Crippen molar-refractivity contribution in [2.75, 3.05) is 5.32 Å². The molecule has 8 heteroatoms. The molecule has 0 unspecified atom stereocenters. The third-order valence-electron chi connectivity index (χ3n) is 3.44. The van der Waals surface area contributed by atoms with E-state index in [0.29, 0.717) is 21.4 Å². The molecule has 0 fully saturated rings. The van der Waals surface area contributed by atoms with Crippen LogP contribution in [0.2, 0.25) is 15.1 Å². The second-order valence-electron chi connectivity index (χ2n) is 5.18. The highest BCUT2D eigenvalue weighted by atomic mass is 35.5. The Morgan fingerprint density at radius 1 is 1.12 bits per heavy atom. The fourth-order valence-electron chi connectivity index (χ4n) is 2.22. The number of anilines is 1. The van der Waals surface area contributed by atoms with E-state index in [4.69, 9.17) is 34.8 Å². The Hall–Kier alpha value is -2.08. The maximum Gasteiger partial charge on any atom is 0.258 e. The van der Waals surface area contributed by atoms with Crippen LogP contribution in [0.25, 0.3) is 0 Å².